The number of phenolic OH excluding ortho intramolecular Hbond substituents is 1. The van der Waals surface area contributed by atoms with Crippen molar-refractivity contribution in [2.45, 2.75) is 45.1 Å². The van der Waals surface area contributed by atoms with E-state index in [1.807, 2.05) is 20.8 Å². The van der Waals surface area contributed by atoms with Crippen LogP contribution in [0.15, 0.2) is 29.0 Å². The number of hydrogen-bond acceptors (Lipinski definition) is 10. The van der Waals surface area contributed by atoms with Gasteiger partial charge in [0.2, 0.25) is 5.78 Å². The SMILES string of the molecule is CN(C)[C@@H]1C(=O)C(C(N)=O)=C(O)[C@@]2(O)C(=O)C3=C(O)c4c(ccc(CNCC(C)(C)C)c4O)[CH][C@H]3[C@H](O)[C@@H]12. The fourth-order valence-electron chi connectivity index (χ4n) is 5.77. The molecule has 0 unspecified atom stereocenters. The highest BCUT2D eigenvalue weighted by Gasteiger charge is 2.67. The van der Waals surface area contributed by atoms with Gasteiger partial charge in [-0.15, -0.1) is 0 Å². The minimum atomic E-state index is -2.93. The Labute approximate surface area is 220 Å². The van der Waals surface area contributed by atoms with Crippen LogP contribution in [0, 0.1) is 23.7 Å². The number of benzene rings is 1. The first-order chi connectivity index (χ1) is 17.5. The zero-order chi connectivity index (χ0) is 28.5. The van der Waals surface area contributed by atoms with Crippen molar-refractivity contribution in [2.24, 2.45) is 23.0 Å². The topological polar surface area (TPSA) is 194 Å². The molecule has 1 amide bonds. The van der Waals surface area contributed by atoms with E-state index in [4.69, 9.17) is 5.73 Å². The van der Waals surface area contributed by atoms with E-state index in [2.05, 4.69) is 5.32 Å². The molecule has 0 bridgehead atoms. The second-order valence-corrected chi connectivity index (χ2v) is 11.6. The molecule has 8 N–H and O–H groups in total. The molecular formula is C27H34N3O8. The lowest BCUT2D eigenvalue weighted by molar-refractivity contribution is -0.167. The normalized spacial score (nSPS) is 29.4. The molecule has 38 heavy (non-hydrogen) atoms. The second-order valence-electron chi connectivity index (χ2n) is 11.6. The molecule has 0 spiro atoms. The Balaban J connectivity index is 1.87. The number of aliphatic hydroxyl groups excluding tert-OH is 3. The molecule has 0 saturated heterocycles. The molecule has 3 aliphatic carbocycles. The highest BCUT2D eigenvalue weighted by Crippen LogP contribution is 2.53. The van der Waals surface area contributed by atoms with Crippen LogP contribution in [0.1, 0.15) is 37.5 Å². The first kappa shape index (κ1) is 27.8. The third-order valence-corrected chi connectivity index (χ3v) is 7.51. The summed E-state index contributed by atoms with van der Waals surface area (Å²) < 4.78 is 0. The number of phenols is 1. The molecule has 1 aromatic rings. The third kappa shape index (κ3) is 4.01. The van der Waals surface area contributed by atoms with Crippen molar-refractivity contribution in [1.82, 2.24) is 10.2 Å². The number of carbonyl (C=O) groups excluding carboxylic acids is 3. The molecule has 0 aliphatic heterocycles. The fraction of sp³-hybridized carbons (Fsp3) is 0.481. The van der Waals surface area contributed by atoms with Gasteiger partial charge in [-0.3, -0.25) is 19.3 Å². The van der Waals surface area contributed by atoms with Crippen molar-refractivity contribution < 1.29 is 39.9 Å². The average Bonchev–Trinajstić information content (AvgIpc) is 2.79. The number of ketones is 2. The molecule has 11 heteroatoms. The van der Waals surface area contributed by atoms with Crippen LogP contribution in [0.3, 0.4) is 0 Å². The van der Waals surface area contributed by atoms with Crippen LogP contribution < -0.4 is 11.1 Å². The number of aromatic hydroxyl groups is 1. The van der Waals surface area contributed by atoms with E-state index in [0.717, 1.165) is 0 Å². The minimum absolute atomic E-state index is 0.0172. The largest absolute Gasteiger partial charge is 0.508 e. The van der Waals surface area contributed by atoms with Crippen LogP contribution in [-0.4, -0.2) is 86.3 Å². The first-order valence-electron chi connectivity index (χ1n) is 12.3. The molecule has 205 valence electrons. The van der Waals surface area contributed by atoms with Crippen LogP contribution in [0.2, 0.25) is 0 Å². The molecule has 0 aromatic heterocycles. The highest BCUT2D eigenvalue weighted by atomic mass is 16.4. The summed E-state index contributed by atoms with van der Waals surface area (Å²) in [5.41, 5.74) is 1.68. The van der Waals surface area contributed by atoms with Crippen LogP contribution in [0.4, 0.5) is 0 Å². The standard InChI is InChI=1S/C27H34N3O8/c1-26(2,3)10-29-9-12-7-6-11-8-13-15(21(33)14(11)19(12)31)23(35)27(38)17(20(13)32)18(30(4)5)22(34)16(24(27)36)25(28)37/h6-8,13,17-18,20,29,31-33,36,38H,9-10H2,1-5H3,(H2,28,37)/t13-,17-,18+,20+,27+/m1/s1. The number of amides is 1. The Bertz CT molecular complexity index is 1290. The Kier molecular flexibility index (Phi) is 6.72. The molecular weight excluding hydrogens is 494 g/mol. The number of nitrogens with zero attached hydrogens (tertiary/aromatic N) is 1. The number of Topliss-reactive ketones (excluding diaryl/α,β-unsaturated/α-hetero) is 2. The molecule has 3 aliphatic rings. The molecule has 4 rings (SSSR count). The average molecular weight is 529 g/mol. The molecule has 1 radical (unpaired) electrons. The maximum absolute atomic E-state index is 13.8. The Hall–Kier alpha value is -3.25. The number of likely N-dealkylation sites (N-methyl/N-ethyl adjacent to an activating group) is 1. The first-order valence-corrected chi connectivity index (χ1v) is 12.3. The van der Waals surface area contributed by atoms with E-state index in [1.54, 1.807) is 12.1 Å². The summed E-state index contributed by atoms with van der Waals surface area (Å²) in [6.45, 7) is 7.04. The van der Waals surface area contributed by atoms with Gasteiger partial charge in [-0.05, 0) is 25.1 Å². The number of hydrogen-bond donors (Lipinski definition) is 7. The van der Waals surface area contributed by atoms with Crippen molar-refractivity contribution in [2.75, 3.05) is 20.6 Å². The molecule has 1 fully saturated rings. The van der Waals surface area contributed by atoms with Gasteiger partial charge in [0, 0.05) is 36.6 Å². The van der Waals surface area contributed by atoms with Crippen LogP contribution in [0.25, 0.3) is 5.76 Å². The summed E-state index contributed by atoms with van der Waals surface area (Å²) in [5, 5.41) is 59.5. The van der Waals surface area contributed by atoms with Gasteiger partial charge >= 0.3 is 0 Å². The Morgan fingerprint density at radius 1 is 1.16 bits per heavy atom. The van der Waals surface area contributed by atoms with Crippen molar-refractivity contribution >= 4 is 23.2 Å². The van der Waals surface area contributed by atoms with Gasteiger partial charge in [0.1, 0.15) is 22.8 Å². The summed E-state index contributed by atoms with van der Waals surface area (Å²) in [6, 6.07) is 1.90. The van der Waals surface area contributed by atoms with Gasteiger partial charge in [-0.1, -0.05) is 32.9 Å². The summed E-state index contributed by atoms with van der Waals surface area (Å²) in [5.74, 6) is -8.50. The minimum Gasteiger partial charge on any atom is -0.508 e. The van der Waals surface area contributed by atoms with Crippen molar-refractivity contribution in [1.29, 1.82) is 0 Å². The maximum atomic E-state index is 13.8. The predicted molar refractivity (Wildman–Crippen MR) is 136 cm³/mol. The molecule has 5 atom stereocenters. The third-order valence-electron chi connectivity index (χ3n) is 7.51. The quantitative estimate of drug-likeness (QED) is 0.257. The van der Waals surface area contributed by atoms with E-state index < -0.39 is 69.7 Å². The second kappa shape index (κ2) is 9.19. The Morgan fingerprint density at radius 3 is 2.34 bits per heavy atom. The van der Waals surface area contributed by atoms with Gasteiger partial charge in [0.15, 0.2) is 11.4 Å². The maximum Gasteiger partial charge on any atom is 0.255 e. The van der Waals surface area contributed by atoms with Gasteiger partial charge in [-0.25, -0.2) is 0 Å². The molecule has 1 saturated carbocycles. The molecule has 11 nitrogen and oxygen atoms in total. The van der Waals surface area contributed by atoms with Gasteiger partial charge in [0.25, 0.3) is 5.91 Å². The number of nitrogens with one attached hydrogen (secondary N) is 1. The van der Waals surface area contributed by atoms with E-state index in [-0.39, 0.29) is 23.3 Å². The summed E-state index contributed by atoms with van der Waals surface area (Å²) in [4.78, 5) is 40.3. The van der Waals surface area contributed by atoms with Crippen molar-refractivity contribution in [3.8, 4) is 5.75 Å². The number of aliphatic hydroxyl groups is 4. The summed E-state index contributed by atoms with van der Waals surface area (Å²) >= 11 is 0. The summed E-state index contributed by atoms with van der Waals surface area (Å²) in [6.07, 6.45) is -0.175. The highest BCUT2D eigenvalue weighted by molar-refractivity contribution is 6.24. The smallest absolute Gasteiger partial charge is 0.255 e. The predicted octanol–water partition coefficient (Wildman–Crippen LogP) is 0.0804. The fourth-order valence-corrected chi connectivity index (χ4v) is 5.77. The molecule has 0 heterocycles. The number of rotatable bonds is 5. The van der Waals surface area contributed by atoms with Crippen LogP contribution >= 0.6 is 0 Å². The number of primary amides is 1. The van der Waals surface area contributed by atoms with Gasteiger partial charge in [-0.2, -0.15) is 0 Å². The Morgan fingerprint density at radius 2 is 1.79 bits per heavy atom. The summed E-state index contributed by atoms with van der Waals surface area (Å²) in [7, 11) is 2.91. The monoisotopic (exact) mass is 528 g/mol. The molecule has 1 aromatic carbocycles. The lowest BCUT2D eigenvalue weighted by Crippen LogP contribution is -2.70. The van der Waals surface area contributed by atoms with E-state index in [0.29, 0.717) is 17.7 Å². The lowest BCUT2D eigenvalue weighted by Gasteiger charge is -2.52. The van der Waals surface area contributed by atoms with Crippen molar-refractivity contribution in [3.05, 3.63) is 52.1 Å². The van der Waals surface area contributed by atoms with E-state index in [1.165, 1.54) is 25.4 Å². The zero-order valence-corrected chi connectivity index (χ0v) is 21.9. The van der Waals surface area contributed by atoms with E-state index >= 15 is 0 Å². The lowest BCUT2D eigenvalue weighted by atomic mass is 9.56. The van der Waals surface area contributed by atoms with Gasteiger partial charge < -0.3 is 36.6 Å². The van der Waals surface area contributed by atoms with E-state index in [9.17, 15) is 39.9 Å². The number of carbonyl (C=O) groups is 3. The van der Waals surface area contributed by atoms with Gasteiger partial charge in [0.05, 0.1) is 23.6 Å². The number of nitrogens with two attached hydrogens (primary N) is 1. The number of fused-ring (bicyclic) bond motifs is 3. The van der Waals surface area contributed by atoms with Crippen LogP contribution in [-0.2, 0) is 20.9 Å². The van der Waals surface area contributed by atoms with Crippen LogP contribution in [0.5, 0.6) is 5.75 Å². The van der Waals surface area contributed by atoms with Crippen molar-refractivity contribution in [3.63, 3.8) is 0 Å². The zero-order valence-electron chi connectivity index (χ0n) is 21.9.